The highest BCUT2D eigenvalue weighted by atomic mass is 35.5. The van der Waals surface area contributed by atoms with Crippen molar-refractivity contribution < 1.29 is 4.79 Å². The van der Waals surface area contributed by atoms with E-state index in [9.17, 15) is 4.79 Å². The smallest absolute Gasteiger partial charge is 0.231 e. The molecule has 1 aliphatic heterocycles. The standard InChI is InChI=1S/C17H22Cl2N2O/c1-12-5-4-6-14(13(12)2)20-7-9-21(10-8-20)15(22)16(3)11-17(16,18)19/h4-6H,7-11H2,1-3H3. The maximum absolute atomic E-state index is 12.6. The van der Waals surface area contributed by atoms with Gasteiger partial charge in [-0.2, -0.15) is 0 Å². The van der Waals surface area contributed by atoms with Gasteiger partial charge in [-0.3, -0.25) is 4.79 Å². The molecule has 5 heteroatoms. The van der Waals surface area contributed by atoms with E-state index in [1.165, 1.54) is 16.8 Å². The second kappa shape index (κ2) is 5.31. The van der Waals surface area contributed by atoms with Crippen molar-refractivity contribution in [2.45, 2.75) is 31.5 Å². The number of hydrogen-bond acceptors (Lipinski definition) is 2. The number of piperazine rings is 1. The van der Waals surface area contributed by atoms with Crippen LogP contribution in [0.5, 0.6) is 0 Å². The molecule has 22 heavy (non-hydrogen) atoms. The zero-order valence-electron chi connectivity index (χ0n) is 13.3. The van der Waals surface area contributed by atoms with Crippen LogP contribution in [0.4, 0.5) is 5.69 Å². The highest BCUT2D eigenvalue weighted by Crippen LogP contribution is 2.64. The monoisotopic (exact) mass is 340 g/mol. The fourth-order valence-corrected chi connectivity index (χ4v) is 3.91. The lowest BCUT2D eigenvalue weighted by Crippen LogP contribution is -2.51. The summed E-state index contributed by atoms with van der Waals surface area (Å²) >= 11 is 12.3. The molecular formula is C17H22Cl2N2O. The second-order valence-electron chi connectivity index (χ2n) is 6.71. The number of carbonyl (C=O) groups is 1. The van der Waals surface area contributed by atoms with Gasteiger partial charge in [0.05, 0.1) is 5.41 Å². The molecule has 2 fully saturated rings. The molecule has 2 aliphatic rings. The Morgan fingerprint density at radius 1 is 1.14 bits per heavy atom. The molecule has 1 amide bonds. The second-order valence-corrected chi connectivity index (χ2v) is 8.20. The van der Waals surface area contributed by atoms with E-state index in [1.54, 1.807) is 0 Å². The predicted octanol–water partition coefficient (Wildman–Crippen LogP) is 3.54. The first-order valence-corrected chi connectivity index (χ1v) is 8.50. The number of aryl methyl sites for hydroxylation is 1. The molecule has 1 saturated heterocycles. The van der Waals surface area contributed by atoms with Crippen LogP contribution in [-0.2, 0) is 4.79 Å². The molecular weight excluding hydrogens is 319 g/mol. The van der Waals surface area contributed by atoms with E-state index in [-0.39, 0.29) is 5.91 Å². The Hall–Kier alpha value is -0.930. The first-order valence-electron chi connectivity index (χ1n) is 7.75. The predicted molar refractivity (Wildman–Crippen MR) is 91.9 cm³/mol. The Bertz CT molecular complexity index is 609. The largest absolute Gasteiger partial charge is 0.368 e. The van der Waals surface area contributed by atoms with Crippen LogP contribution in [0.2, 0.25) is 0 Å². The van der Waals surface area contributed by atoms with Crippen LogP contribution >= 0.6 is 23.2 Å². The maximum atomic E-state index is 12.6. The van der Waals surface area contributed by atoms with Crippen molar-refractivity contribution in [3.63, 3.8) is 0 Å². The minimum Gasteiger partial charge on any atom is -0.368 e. The summed E-state index contributed by atoms with van der Waals surface area (Å²) in [7, 11) is 0. The SMILES string of the molecule is Cc1cccc(N2CCN(C(=O)C3(C)CC3(Cl)Cl)CC2)c1C. The van der Waals surface area contributed by atoms with E-state index in [0.717, 1.165) is 26.2 Å². The number of alkyl halides is 2. The van der Waals surface area contributed by atoms with E-state index in [1.807, 2.05) is 11.8 Å². The van der Waals surface area contributed by atoms with Gasteiger partial charge in [0.1, 0.15) is 4.33 Å². The van der Waals surface area contributed by atoms with Gasteiger partial charge < -0.3 is 9.80 Å². The van der Waals surface area contributed by atoms with E-state index < -0.39 is 9.75 Å². The minimum atomic E-state index is -0.881. The molecule has 0 bridgehead atoms. The first kappa shape index (κ1) is 15.9. The molecule has 1 atom stereocenters. The highest BCUT2D eigenvalue weighted by molar-refractivity contribution is 6.53. The van der Waals surface area contributed by atoms with Gasteiger partial charge in [0.15, 0.2) is 0 Å². The molecule has 1 unspecified atom stereocenters. The van der Waals surface area contributed by atoms with Crippen LogP contribution in [0.15, 0.2) is 18.2 Å². The first-order chi connectivity index (χ1) is 10.3. The molecule has 3 rings (SSSR count). The van der Waals surface area contributed by atoms with E-state index >= 15 is 0 Å². The van der Waals surface area contributed by atoms with Crippen molar-refractivity contribution in [3.8, 4) is 0 Å². The number of carbonyl (C=O) groups excluding carboxylic acids is 1. The number of amides is 1. The van der Waals surface area contributed by atoms with Crippen LogP contribution in [0.3, 0.4) is 0 Å². The van der Waals surface area contributed by atoms with Gasteiger partial charge in [0, 0.05) is 31.9 Å². The molecule has 0 spiro atoms. The van der Waals surface area contributed by atoms with Gasteiger partial charge in [-0.1, -0.05) is 12.1 Å². The fraction of sp³-hybridized carbons (Fsp3) is 0.588. The lowest BCUT2D eigenvalue weighted by atomic mass is 10.1. The van der Waals surface area contributed by atoms with Gasteiger partial charge in [-0.25, -0.2) is 0 Å². The summed E-state index contributed by atoms with van der Waals surface area (Å²) in [5, 5.41) is 0. The Kier molecular flexibility index (Phi) is 3.85. The number of benzene rings is 1. The Morgan fingerprint density at radius 3 is 2.27 bits per heavy atom. The van der Waals surface area contributed by atoms with Crippen molar-refractivity contribution in [1.82, 2.24) is 4.90 Å². The molecule has 1 heterocycles. The quantitative estimate of drug-likeness (QED) is 0.769. The summed E-state index contributed by atoms with van der Waals surface area (Å²) in [6, 6.07) is 6.38. The lowest BCUT2D eigenvalue weighted by molar-refractivity contribution is -0.136. The summed E-state index contributed by atoms with van der Waals surface area (Å²) in [4.78, 5) is 16.9. The van der Waals surface area contributed by atoms with E-state index in [0.29, 0.717) is 6.42 Å². The van der Waals surface area contributed by atoms with E-state index in [2.05, 4.69) is 36.9 Å². The van der Waals surface area contributed by atoms with Crippen molar-refractivity contribution in [1.29, 1.82) is 0 Å². The van der Waals surface area contributed by atoms with E-state index in [4.69, 9.17) is 23.2 Å². The molecule has 120 valence electrons. The molecule has 0 radical (unpaired) electrons. The van der Waals surface area contributed by atoms with Crippen LogP contribution in [0, 0.1) is 19.3 Å². The summed E-state index contributed by atoms with van der Waals surface area (Å²) in [6.07, 6.45) is 0.555. The van der Waals surface area contributed by atoms with Crippen molar-refractivity contribution in [2.24, 2.45) is 5.41 Å². The van der Waals surface area contributed by atoms with Gasteiger partial charge in [-0.05, 0) is 44.4 Å². The van der Waals surface area contributed by atoms with Crippen molar-refractivity contribution in [2.75, 3.05) is 31.1 Å². The molecule has 1 aromatic rings. The summed E-state index contributed by atoms with van der Waals surface area (Å²) < 4.78 is -0.881. The number of rotatable bonds is 2. The van der Waals surface area contributed by atoms with Crippen LogP contribution in [-0.4, -0.2) is 41.3 Å². The lowest BCUT2D eigenvalue weighted by Gasteiger charge is -2.38. The Labute approximate surface area is 142 Å². The molecule has 0 aromatic heterocycles. The minimum absolute atomic E-state index is 0.0955. The number of anilines is 1. The molecule has 3 nitrogen and oxygen atoms in total. The van der Waals surface area contributed by atoms with Crippen LogP contribution in [0.25, 0.3) is 0 Å². The zero-order chi connectivity index (χ0) is 16.1. The molecule has 1 aliphatic carbocycles. The van der Waals surface area contributed by atoms with Gasteiger partial charge in [0.25, 0.3) is 0 Å². The average Bonchev–Trinajstić information content (AvgIpc) is 3.01. The van der Waals surface area contributed by atoms with Crippen molar-refractivity contribution in [3.05, 3.63) is 29.3 Å². The third-order valence-electron chi connectivity index (χ3n) is 5.21. The van der Waals surface area contributed by atoms with Crippen LogP contribution < -0.4 is 4.90 Å². The molecule has 1 saturated carbocycles. The number of hydrogen-bond donors (Lipinski definition) is 0. The van der Waals surface area contributed by atoms with Gasteiger partial charge in [-0.15, -0.1) is 23.2 Å². The highest BCUT2D eigenvalue weighted by Gasteiger charge is 2.68. The van der Waals surface area contributed by atoms with Crippen LogP contribution in [0.1, 0.15) is 24.5 Å². The third kappa shape index (κ3) is 2.48. The summed E-state index contributed by atoms with van der Waals surface area (Å²) in [5.74, 6) is 0.0955. The Balaban J connectivity index is 1.66. The topological polar surface area (TPSA) is 23.6 Å². The zero-order valence-corrected chi connectivity index (χ0v) is 14.8. The molecule has 0 N–H and O–H groups in total. The normalized spacial score (nSPS) is 27.0. The average molecular weight is 341 g/mol. The van der Waals surface area contributed by atoms with Crippen molar-refractivity contribution >= 4 is 34.8 Å². The summed E-state index contributed by atoms with van der Waals surface area (Å²) in [5.41, 5.74) is 3.29. The maximum Gasteiger partial charge on any atom is 0.231 e. The van der Waals surface area contributed by atoms with Gasteiger partial charge in [0.2, 0.25) is 5.91 Å². The molecule has 1 aromatic carbocycles. The van der Waals surface area contributed by atoms with Gasteiger partial charge >= 0.3 is 0 Å². The number of nitrogens with zero attached hydrogens (tertiary/aromatic N) is 2. The number of halogens is 2. The fourth-order valence-electron chi connectivity index (χ4n) is 3.21. The third-order valence-corrected chi connectivity index (χ3v) is 6.31. The summed E-state index contributed by atoms with van der Waals surface area (Å²) in [6.45, 7) is 9.31. The Morgan fingerprint density at radius 2 is 1.73 bits per heavy atom.